The molecule has 1 heterocycles. The van der Waals surface area contributed by atoms with Crippen molar-refractivity contribution in [3.05, 3.63) is 51.4 Å². The summed E-state index contributed by atoms with van der Waals surface area (Å²) in [6, 6.07) is 5.96. The van der Waals surface area contributed by atoms with Crippen molar-refractivity contribution in [3.8, 4) is 0 Å². The molecule has 0 aliphatic heterocycles. The van der Waals surface area contributed by atoms with Crippen molar-refractivity contribution >= 4 is 50.9 Å². The molecule has 0 spiro atoms. The molecule has 0 atom stereocenters. The van der Waals surface area contributed by atoms with Gasteiger partial charge in [-0.05, 0) is 53.3 Å². The molecule has 27 heavy (non-hydrogen) atoms. The van der Waals surface area contributed by atoms with Crippen LogP contribution in [0.5, 0.6) is 0 Å². The van der Waals surface area contributed by atoms with Crippen LogP contribution in [0.2, 0.25) is 0 Å². The number of aromatic nitrogens is 2. The summed E-state index contributed by atoms with van der Waals surface area (Å²) in [7, 11) is 1.69. The van der Waals surface area contributed by atoms with E-state index in [2.05, 4.69) is 15.6 Å². The van der Waals surface area contributed by atoms with E-state index in [4.69, 9.17) is 5.11 Å². The molecule has 6 nitrogen and oxygen atoms in total. The second-order valence-corrected chi connectivity index (χ2v) is 7.16. The lowest BCUT2D eigenvalue weighted by atomic mass is 10.1. The van der Waals surface area contributed by atoms with Gasteiger partial charge in [0.2, 0.25) is 0 Å². The van der Waals surface area contributed by atoms with Crippen LogP contribution in [0.4, 0.5) is 20.2 Å². The predicted molar refractivity (Wildman–Crippen MR) is 107 cm³/mol. The standard InChI is InChI=1S/C18H17F2IN4O2/c1-25-9-23-17-14(25)8-11(18(27)22-5-2-6-26)16(15(17)20)24-13-4-3-10(21)7-12(13)19/h3-4,7-9,24,26H,2,5-6H2,1H3,(H,22,27). The number of carbonyl (C=O) groups excluding carboxylic acids is 1. The van der Waals surface area contributed by atoms with Gasteiger partial charge in [0.15, 0.2) is 5.82 Å². The second kappa shape index (κ2) is 8.17. The summed E-state index contributed by atoms with van der Waals surface area (Å²) in [5, 5.41) is 14.2. The van der Waals surface area contributed by atoms with Crippen molar-refractivity contribution in [1.29, 1.82) is 0 Å². The minimum Gasteiger partial charge on any atom is -0.396 e. The third-order valence-corrected chi connectivity index (χ3v) is 4.69. The first-order valence-electron chi connectivity index (χ1n) is 8.17. The first kappa shape index (κ1) is 19.5. The fourth-order valence-corrected chi connectivity index (χ4v) is 3.08. The van der Waals surface area contributed by atoms with E-state index < -0.39 is 17.5 Å². The summed E-state index contributed by atoms with van der Waals surface area (Å²) in [5.74, 6) is -1.83. The predicted octanol–water partition coefficient (Wildman–Crippen LogP) is 3.31. The highest BCUT2D eigenvalue weighted by atomic mass is 127. The number of benzene rings is 2. The van der Waals surface area contributed by atoms with Crippen LogP contribution >= 0.6 is 22.6 Å². The number of anilines is 2. The van der Waals surface area contributed by atoms with Crippen LogP contribution in [0.1, 0.15) is 16.8 Å². The number of nitrogens with zero attached hydrogens (tertiary/aromatic N) is 2. The summed E-state index contributed by atoms with van der Waals surface area (Å²) >= 11 is 1.97. The number of carbonyl (C=O) groups is 1. The molecule has 1 amide bonds. The highest BCUT2D eigenvalue weighted by Crippen LogP contribution is 2.31. The zero-order chi connectivity index (χ0) is 19.6. The molecule has 2 aromatic carbocycles. The summed E-state index contributed by atoms with van der Waals surface area (Å²) in [6.45, 7) is 0.159. The smallest absolute Gasteiger partial charge is 0.253 e. The van der Waals surface area contributed by atoms with Crippen LogP contribution in [0, 0.1) is 15.2 Å². The SMILES string of the molecule is Cn1cnc2c(F)c(Nc3ccc(I)cc3F)c(C(=O)NCCCO)cc21. The first-order chi connectivity index (χ1) is 12.9. The van der Waals surface area contributed by atoms with E-state index in [1.807, 2.05) is 22.6 Å². The van der Waals surface area contributed by atoms with Crippen molar-refractivity contribution in [3.63, 3.8) is 0 Å². The van der Waals surface area contributed by atoms with Gasteiger partial charge in [-0.15, -0.1) is 0 Å². The average Bonchev–Trinajstić information content (AvgIpc) is 3.00. The maximum atomic E-state index is 15.1. The molecule has 9 heteroatoms. The Morgan fingerprint density at radius 2 is 2.11 bits per heavy atom. The van der Waals surface area contributed by atoms with Gasteiger partial charge >= 0.3 is 0 Å². The molecule has 0 saturated heterocycles. The number of aryl methyl sites for hydroxylation is 1. The number of hydrogen-bond donors (Lipinski definition) is 3. The molecular weight excluding hydrogens is 469 g/mol. The van der Waals surface area contributed by atoms with Crippen LogP contribution in [-0.2, 0) is 7.05 Å². The maximum Gasteiger partial charge on any atom is 0.253 e. The van der Waals surface area contributed by atoms with Gasteiger partial charge < -0.3 is 20.3 Å². The molecule has 0 radical (unpaired) electrons. The number of imidazole rings is 1. The number of halogens is 3. The lowest BCUT2D eigenvalue weighted by Gasteiger charge is -2.15. The monoisotopic (exact) mass is 486 g/mol. The normalized spacial score (nSPS) is 11.0. The Bertz CT molecular complexity index is 1010. The van der Waals surface area contributed by atoms with Crippen LogP contribution in [0.25, 0.3) is 11.0 Å². The van der Waals surface area contributed by atoms with Gasteiger partial charge in [-0.3, -0.25) is 4.79 Å². The Balaban J connectivity index is 2.09. The van der Waals surface area contributed by atoms with Crippen molar-refractivity contribution in [2.45, 2.75) is 6.42 Å². The highest BCUT2D eigenvalue weighted by molar-refractivity contribution is 14.1. The number of fused-ring (bicyclic) bond motifs is 1. The van der Waals surface area contributed by atoms with E-state index in [0.717, 1.165) is 0 Å². The summed E-state index contributed by atoms with van der Waals surface area (Å²) in [5.41, 5.74) is 0.447. The number of amides is 1. The largest absolute Gasteiger partial charge is 0.396 e. The molecule has 0 bridgehead atoms. The van der Waals surface area contributed by atoms with Gasteiger partial charge in [0, 0.05) is 23.8 Å². The van der Waals surface area contributed by atoms with Crippen LogP contribution < -0.4 is 10.6 Å². The van der Waals surface area contributed by atoms with Gasteiger partial charge in [-0.25, -0.2) is 13.8 Å². The summed E-state index contributed by atoms with van der Waals surface area (Å²) < 4.78 is 31.6. The van der Waals surface area contributed by atoms with Gasteiger partial charge in [0.05, 0.1) is 28.8 Å². The molecular formula is C18H17F2IN4O2. The topological polar surface area (TPSA) is 79.2 Å². The van der Waals surface area contributed by atoms with Crippen LogP contribution in [-0.4, -0.2) is 33.7 Å². The Hall–Kier alpha value is -2.27. The van der Waals surface area contributed by atoms with Crippen molar-refractivity contribution in [1.82, 2.24) is 14.9 Å². The van der Waals surface area contributed by atoms with E-state index in [1.165, 1.54) is 24.5 Å². The Morgan fingerprint density at radius 1 is 1.33 bits per heavy atom. The fourth-order valence-electron chi connectivity index (χ4n) is 2.63. The average molecular weight is 486 g/mol. The van der Waals surface area contributed by atoms with Gasteiger partial charge in [-0.2, -0.15) is 0 Å². The van der Waals surface area contributed by atoms with E-state index in [0.29, 0.717) is 15.5 Å². The minimum absolute atomic E-state index is 0.0273. The quantitative estimate of drug-likeness (QED) is 0.369. The number of rotatable bonds is 6. The van der Waals surface area contributed by atoms with E-state index in [9.17, 15) is 9.18 Å². The Labute approximate surface area is 167 Å². The Kier molecular flexibility index (Phi) is 5.90. The third-order valence-electron chi connectivity index (χ3n) is 4.02. The highest BCUT2D eigenvalue weighted by Gasteiger charge is 2.22. The van der Waals surface area contributed by atoms with Gasteiger partial charge in [-0.1, -0.05) is 0 Å². The molecule has 3 rings (SSSR count). The number of aliphatic hydroxyl groups excluding tert-OH is 1. The van der Waals surface area contributed by atoms with Crippen molar-refractivity contribution in [2.75, 3.05) is 18.5 Å². The van der Waals surface area contributed by atoms with Crippen LogP contribution in [0.15, 0.2) is 30.6 Å². The number of aliphatic hydroxyl groups is 1. The zero-order valence-corrected chi connectivity index (χ0v) is 16.5. The van der Waals surface area contributed by atoms with Crippen LogP contribution in [0.3, 0.4) is 0 Å². The number of nitrogens with one attached hydrogen (secondary N) is 2. The minimum atomic E-state index is -0.738. The molecule has 1 aromatic heterocycles. The number of hydrogen-bond acceptors (Lipinski definition) is 4. The molecule has 0 saturated carbocycles. The van der Waals surface area contributed by atoms with E-state index in [1.54, 1.807) is 17.7 Å². The zero-order valence-electron chi connectivity index (χ0n) is 14.4. The molecule has 3 N–H and O–H groups in total. The molecule has 0 aliphatic carbocycles. The van der Waals surface area contributed by atoms with Crippen molar-refractivity contribution in [2.24, 2.45) is 7.05 Å². The third kappa shape index (κ3) is 4.03. The van der Waals surface area contributed by atoms with Gasteiger partial charge in [0.25, 0.3) is 5.91 Å². The van der Waals surface area contributed by atoms with E-state index >= 15 is 4.39 Å². The van der Waals surface area contributed by atoms with Gasteiger partial charge in [0.1, 0.15) is 11.3 Å². The molecule has 0 unspecified atom stereocenters. The summed E-state index contributed by atoms with van der Waals surface area (Å²) in [6.07, 6.45) is 1.81. The van der Waals surface area contributed by atoms with E-state index in [-0.39, 0.29) is 35.6 Å². The lowest BCUT2D eigenvalue weighted by Crippen LogP contribution is -2.26. The fraction of sp³-hybridized carbons (Fsp3) is 0.222. The Morgan fingerprint density at radius 3 is 2.81 bits per heavy atom. The van der Waals surface area contributed by atoms with Crippen molar-refractivity contribution < 1.29 is 18.7 Å². The molecule has 0 aliphatic rings. The summed E-state index contributed by atoms with van der Waals surface area (Å²) in [4.78, 5) is 16.6. The lowest BCUT2D eigenvalue weighted by molar-refractivity contribution is 0.0951. The maximum absolute atomic E-state index is 15.1. The molecule has 0 fully saturated rings. The molecule has 3 aromatic rings. The molecule has 142 valence electrons. The first-order valence-corrected chi connectivity index (χ1v) is 9.25. The second-order valence-electron chi connectivity index (χ2n) is 5.92.